The van der Waals surface area contributed by atoms with Crippen LogP contribution in [0.1, 0.15) is 36.0 Å². The lowest BCUT2D eigenvalue weighted by atomic mass is 9.68. The van der Waals surface area contributed by atoms with Gasteiger partial charge in [-0.1, -0.05) is 24.6 Å². The maximum atomic E-state index is 12.6. The molecule has 0 radical (unpaired) electrons. The van der Waals surface area contributed by atoms with Crippen molar-refractivity contribution in [3.05, 3.63) is 35.9 Å². The molecule has 0 spiro atoms. The minimum absolute atomic E-state index is 0.0347. The van der Waals surface area contributed by atoms with Gasteiger partial charge < -0.3 is 20.1 Å². The van der Waals surface area contributed by atoms with Gasteiger partial charge in [0, 0.05) is 25.8 Å². The van der Waals surface area contributed by atoms with Crippen LogP contribution >= 0.6 is 0 Å². The summed E-state index contributed by atoms with van der Waals surface area (Å²) < 4.78 is 5.21. The lowest BCUT2D eigenvalue weighted by molar-refractivity contribution is -0.142. The van der Waals surface area contributed by atoms with Gasteiger partial charge in [-0.05, 0) is 31.4 Å². The molecule has 1 saturated heterocycles. The number of hydrogen-bond acceptors (Lipinski definition) is 4. The fourth-order valence-corrected chi connectivity index (χ4v) is 3.69. The molecule has 25 heavy (non-hydrogen) atoms. The second kappa shape index (κ2) is 7.54. The summed E-state index contributed by atoms with van der Waals surface area (Å²) in [6.07, 6.45) is 2.48. The van der Waals surface area contributed by atoms with Crippen LogP contribution in [0.2, 0.25) is 0 Å². The first-order valence-corrected chi connectivity index (χ1v) is 8.88. The van der Waals surface area contributed by atoms with Gasteiger partial charge in [-0.3, -0.25) is 9.59 Å². The third kappa shape index (κ3) is 3.70. The van der Waals surface area contributed by atoms with E-state index in [9.17, 15) is 14.7 Å². The van der Waals surface area contributed by atoms with Gasteiger partial charge in [0.25, 0.3) is 5.91 Å². The summed E-state index contributed by atoms with van der Waals surface area (Å²) in [5.74, 6) is -0.119. The Labute approximate surface area is 148 Å². The van der Waals surface area contributed by atoms with Gasteiger partial charge in [-0.25, -0.2) is 0 Å². The lowest BCUT2D eigenvalue weighted by Gasteiger charge is -2.42. The van der Waals surface area contributed by atoms with E-state index in [2.05, 4.69) is 5.32 Å². The molecule has 1 heterocycles. The highest BCUT2D eigenvalue weighted by Gasteiger charge is 2.45. The van der Waals surface area contributed by atoms with Crippen molar-refractivity contribution >= 4 is 11.8 Å². The number of aliphatic hydroxyl groups is 1. The van der Waals surface area contributed by atoms with E-state index >= 15 is 0 Å². The highest BCUT2D eigenvalue weighted by Crippen LogP contribution is 2.41. The van der Waals surface area contributed by atoms with E-state index in [1.807, 2.05) is 18.2 Å². The summed E-state index contributed by atoms with van der Waals surface area (Å²) in [5, 5.41) is 13.4. The van der Waals surface area contributed by atoms with Crippen LogP contribution < -0.4 is 5.32 Å². The molecule has 2 atom stereocenters. The molecule has 0 aromatic heterocycles. The molecule has 3 rings (SSSR count). The number of piperidine rings is 1. The number of nitrogens with zero attached hydrogens (tertiary/aromatic N) is 1. The van der Waals surface area contributed by atoms with Crippen LogP contribution in [0.25, 0.3) is 0 Å². The van der Waals surface area contributed by atoms with Crippen LogP contribution in [-0.4, -0.2) is 60.8 Å². The minimum Gasteiger partial charge on any atom is -0.389 e. The summed E-state index contributed by atoms with van der Waals surface area (Å²) in [7, 11) is 1.61. The average molecular weight is 346 g/mol. The predicted octanol–water partition coefficient (Wildman–Crippen LogP) is 1.19. The zero-order valence-corrected chi connectivity index (χ0v) is 14.6. The summed E-state index contributed by atoms with van der Waals surface area (Å²) in [4.78, 5) is 26.7. The fraction of sp³-hybridized carbons (Fsp3) is 0.579. The smallest absolute Gasteiger partial charge is 0.253 e. The number of β-amino-alcohol motifs (C(OH)–C–C–N with tert-alkyl or cyclic N) is 1. The van der Waals surface area contributed by atoms with E-state index in [0.29, 0.717) is 25.1 Å². The highest BCUT2D eigenvalue weighted by molar-refractivity contribution is 5.94. The molecular formula is C19H26N2O4. The maximum Gasteiger partial charge on any atom is 0.253 e. The normalized spacial score (nSPS) is 25.1. The van der Waals surface area contributed by atoms with Crippen LogP contribution in [0.3, 0.4) is 0 Å². The number of likely N-dealkylation sites (tertiary alicyclic amines) is 1. The largest absolute Gasteiger partial charge is 0.389 e. The SMILES string of the molecule is COCC1(C(=O)N[C@@H]2CCN(C(=O)c3ccccc3)C[C@H]2O)CCC1. The van der Waals surface area contributed by atoms with Gasteiger partial charge >= 0.3 is 0 Å². The monoisotopic (exact) mass is 346 g/mol. The number of carbonyl (C=O) groups is 2. The predicted molar refractivity (Wildman–Crippen MR) is 93.1 cm³/mol. The van der Waals surface area contributed by atoms with Crippen molar-refractivity contribution in [1.82, 2.24) is 10.2 Å². The lowest BCUT2D eigenvalue weighted by Crippen LogP contribution is -2.59. The number of benzene rings is 1. The molecule has 136 valence electrons. The summed E-state index contributed by atoms with van der Waals surface area (Å²) in [6.45, 7) is 1.17. The van der Waals surface area contributed by atoms with Crippen molar-refractivity contribution in [1.29, 1.82) is 0 Å². The Morgan fingerprint density at radius 2 is 2.04 bits per heavy atom. The number of hydrogen-bond donors (Lipinski definition) is 2. The molecule has 6 nitrogen and oxygen atoms in total. The van der Waals surface area contributed by atoms with Crippen molar-refractivity contribution in [3.8, 4) is 0 Å². The molecule has 6 heteroatoms. The van der Waals surface area contributed by atoms with E-state index < -0.39 is 11.5 Å². The Morgan fingerprint density at radius 3 is 2.60 bits per heavy atom. The van der Waals surface area contributed by atoms with Gasteiger partial charge in [0.2, 0.25) is 5.91 Å². The molecule has 1 aromatic rings. The van der Waals surface area contributed by atoms with Crippen molar-refractivity contribution in [2.45, 2.75) is 37.8 Å². The number of rotatable bonds is 5. The molecule has 0 unspecified atom stereocenters. The molecule has 1 aromatic carbocycles. The van der Waals surface area contributed by atoms with E-state index in [1.54, 1.807) is 24.1 Å². The molecule has 2 fully saturated rings. The fourth-order valence-electron chi connectivity index (χ4n) is 3.69. The Morgan fingerprint density at radius 1 is 1.32 bits per heavy atom. The first kappa shape index (κ1) is 17.9. The zero-order chi connectivity index (χ0) is 17.9. The summed E-state index contributed by atoms with van der Waals surface area (Å²) in [5.41, 5.74) is 0.177. The first-order valence-electron chi connectivity index (χ1n) is 8.88. The molecule has 2 N–H and O–H groups in total. The van der Waals surface area contributed by atoms with Crippen LogP contribution in [0.5, 0.6) is 0 Å². The van der Waals surface area contributed by atoms with Gasteiger partial charge in [0.05, 0.1) is 24.2 Å². The first-order chi connectivity index (χ1) is 12.1. The van der Waals surface area contributed by atoms with Gasteiger partial charge in [0.1, 0.15) is 0 Å². The third-order valence-corrected chi connectivity index (χ3v) is 5.42. The third-order valence-electron chi connectivity index (χ3n) is 5.42. The molecule has 1 saturated carbocycles. The van der Waals surface area contributed by atoms with Gasteiger partial charge in [-0.15, -0.1) is 0 Å². The van der Waals surface area contributed by atoms with Crippen LogP contribution in [0.15, 0.2) is 30.3 Å². The second-order valence-electron chi connectivity index (χ2n) is 7.12. The van der Waals surface area contributed by atoms with Crippen LogP contribution in [0.4, 0.5) is 0 Å². The Bertz CT molecular complexity index is 615. The topological polar surface area (TPSA) is 78.9 Å². The second-order valence-corrected chi connectivity index (χ2v) is 7.12. The van der Waals surface area contributed by atoms with Crippen molar-refractivity contribution in [3.63, 3.8) is 0 Å². The van der Waals surface area contributed by atoms with Crippen molar-refractivity contribution in [2.75, 3.05) is 26.8 Å². The Hall–Kier alpha value is -1.92. The molecular weight excluding hydrogens is 320 g/mol. The zero-order valence-electron chi connectivity index (χ0n) is 14.6. The number of nitrogens with one attached hydrogen (secondary N) is 1. The summed E-state index contributed by atoms with van der Waals surface area (Å²) in [6, 6.07) is 8.74. The standard InChI is InChI=1S/C19H26N2O4/c1-25-13-19(9-5-10-19)18(24)20-15-8-11-21(12-16(15)22)17(23)14-6-3-2-4-7-14/h2-4,6-7,15-16,22H,5,8-13H2,1H3,(H,20,24)/t15-,16-/m1/s1. The average Bonchev–Trinajstić information content (AvgIpc) is 2.59. The Kier molecular flexibility index (Phi) is 5.39. The van der Waals surface area contributed by atoms with E-state index in [1.165, 1.54) is 0 Å². The molecule has 1 aliphatic heterocycles. The highest BCUT2D eigenvalue weighted by atomic mass is 16.5. The number of ether oxygens (including phenoxy) is 1. The Balaban J connectivity index is 1.57. The van der Waals surface area contributed by atoms with Crippen molar-refractivity contribution in [2.24, 2.45) is 5.41 Å². The molecule has 1 aliphatic carbocycles. The van der Waals surface area contributed by atoms with Crippen LogP contribution in [-0.2, 0) is 9.53 Å². The number of aliphatic hydroxyl groups excluding tert-OH is 1. The number of methoxy groups -OCH3 is 1. The molecule has 0 bridgehead atoms. The molecule has 2 amide bonds. The quantitative estimate of drug-likeness (QED) is 0.840. The van der Waals surface area contributed by atoms with E-state index in [0.717, 1.165) is 19.3 Å². The molecule has 2 aliphatic rings. The van der Waals surface area contributed by atoms with Crippen LogP contribution in [0, 0.1) is 5.41 Å². The van der Waals surface area contributed by atoms with Gasteiger partial charge in [-0.2, -0.15) is 0 Å². The van der Waals surface area contributed by atoms with Crippen molar-refractivity contribution < 1.29 is 19.4 Å². The number of carbonyl (C=O) groups excluding carboxylic acids is 2. The van der Waals surface area contributed by atoms with E-state index in [-0.39, 0.29) is 24.4 Å². The minimum atomic E-state index is -0.759. The number of amides is 2. The summed E-state index contributed by atoms with van der Waals surface area (Å²) >= 11 is 0. The van der Waals surface area contributed by atoms with Gasteiger partial charge in [0.15, 0.2) is 0 Å². The van der Waals surface area contributed by atoms with E-state index in [4.69, 9.17) is 4.74 Å². The maximum absolute atomic E-state index is 12.6.